The largest absolute Gasteiger partial charge is 0.466 e. The summed E-state index contributed by atoms with van der Waals surface area (Å²) in [6, 6.07) is 5.08. The van der Waals surface area contributed by atoms with Crippen LogP contribution in [-0.2, 0) is 35.1 Å². The van der Waals surface area contributed by atoms with Crippen molar-refractivity contribution in [3.8, 4) is 5.75 Å². The van der Waals surface area contributed by atoms with Crippen molar-refractivity contribution >= 4 is 24.3 Å². The summed E-state index contributed by atoms with van der Waals surface area (Å²) in [5, 5.41) is 2.67. The molecule has 0 aliphatic rings. The highest BCUT2D eigenvalue weighted by Crippen LogP contribution is 2.14. The van der Waals surface area contributed by atoms with Gasteiger partial charge >= 0.3 is 11.9 Å². The molecule has 9 nitrogen and oxygen atoms in total. The Kier molecular flexibility index (Phi) is 14.1. The first-order chi connectivity index (χ1) is 15.5. The van der Waals surface area contributed by atoms with Crippen LogP contribution in [0.15, 0.2) is 36.4 Å². The minimum atomic E-state index is -0.850. The fourth-order valence-corrected chi connectivity index (χ4v) is 2.36. The summed E-state index contributed by atoms with van der Waals surface area (Å²) in [5.74, 6) is -0.894. The molecule has 1 aromatic rings. The lowest BCUT2D eigenvalue weighted by Crippen LogP contribution is -2.51. The molecule has 0 radical (unpaired) electrons. The van der Waals surface area contributed by atoms with Gasteiger partial charge in [0.2, 0.25) is 5.91 Å². The van der Waals surface area contributed by atoms with Gasteiger partial charge in [0.05, 0.1) is 19.3 Å². The fourth-order valence-electron chi connectivity index (χ4n) is 2.36. The molecule has 9 heteroatoms. The maximum absolute atomic E-state index is 12.3. The second-order valence-corrected chi connectivity index (χ2v) is 7.83. The third kappa shape index (κ3) is 11.8. The maximum atomic E-state index is 12.3. The van der Waals surface area contributed by atoms with Gasteiger partial charge in [0, 0.05) is 12.0 Å². The molecule has 2 unspecified atom stereocenters. The van der Waals surface area contributed by atoms with Gasteiger partial charge in [0.25, 0.3) is 6.47 Å². The lowest BCUT2D eigenvalue weighted by Gasteiger charge is -2.22. The van der Waals surface area contributed by atoms with Crippen molar-refractivity contribution in [2.24, 2.45) is 11.7 Å². The van der Waals surface area contributed by atoms with Crippen LogP contribution in [0.2, 0.25) is 0 Å². The Labute approximate surface area is 195 Å². The van der Waals surface area contributed by atoms with Gasteiger partial charge in [-0.2, -0.15) is 0 Å². The summed E-state index contributed by atoms with van der Waals surface area (Å²) in [6.07, 6.45) is 0.602. The topological polar surface area (TPSA) is 134 Å². The number of carbonyl (C=O) groups is 4. The summed E-state index contributed by atoms with van der Waals surface area (Å²) in [7, 11) is 1.35. The Morgan fingerprint density at radius 2 is 1.70 bits per heavy atom. The Balaban J connectivity index is 0.00000109. The average Bonchev–Trinajstić information content (AvgIpc) is 2.78. The molecule has 0 aliphatic heterocycles. The molecule has 3 N–H and O–H groups in total. The predicted molar refractivity (Wildman–Crippen MR) is 124 cm³/mol. The zero-order valence-corrected chi connectivity index (χ0v) is 20.3. The van der Waals surface area contributed by atoms with Gasteiger partial charge in [0.15, 0.2) is 0 Å². The van der Waals surface area contributed by atoms with Crippen LogP contribution in [-0.4, -0.2) is 49.6 Å². The molecule has 0 aromatic heterocycles. The molecule has 0 bridgehead atoms. The second kappa shape index (κ2) is 15.6. The van der Waals surface area contributed by atoms with E-state index < -0.39 is 24.0 Å². The van der Waals surface area contributed by atoms with Gasteiger partial charge in [0.1, 0.15) is 11.8 Å². The lowest BCUT2D eigenvalue weighted by molar-refractivity contribution is -0.151. The standard InChI is InChI=1S/C18H26N2O5.C6H10O2/c1-11(2)16(19)17(22)20-15(18(23)25-12(3)4)9-13-5-7-14(8-6-13)24-10-21;1-4-5(2)6(7)8-3/h5-8,10-12,15-16H,9,19H2,1-4H3,(H,20,22);2,4H2,1,3H3. The molecule has 1 amide bonds. The van der Waals surface area contributed by atoms with Crippen molar-refractivity contribution in [3.05, 3.63) is 42.0 Å². The van der Waals surface area contributed by atoms with E-state index in [0.29, 0.717) is 24.2 Å². The van der Waals surface area contributed by atoms with Crippen LogP contribution in [0.25, 0.3) is 0 Å². The minimum absolute atomic E-state index is 0.0541. The Morgan fingerprint density at radius 3 is 2.09 bits per heavy atom. The lowest BCUT2D eigenvalue weighted by atomic mass is 10.0. The number of methoxy groups -OCH3 is 1. The summed E-state index contributed by atoms with van der Waals surface area (Å²) < 4.78 is 14.3. The number of hydrogen-bond acceptors (Lipinski definition) is 8. The molecular weight excluding hydrogens is 428 g/mol. The van der Waals surface area contributed by atoms with Crippen LogP contribution in [0, 0.1) is 5.92 Å². The van der Waals surface area contributed by atoms with E-state index in [2.05, 4.69) is 16.6 Å². The minimum Gasteiger partial charge on any atom is -0.466 e. The molecule has 0 aliphatic carbocycles. The summed E-state index contributed by atoms with van der Waals surface area (Å²) in [4.78, 5) is 45.3. The molecule has 0 heterocycles. The summed E-state index contributed by atoms with van der Waals surface area (Å²) in [6.45, 7) is 12.8. The first-order valence-corrected chi connectivity index (χ1v) is 10.7. The van der Waals surface area contributed by atoms with Gasteiger partial charge in [-0.15, -0.1) is 0 Å². The van der Waals surface area contributed by atoms with E-state index in [0.717, 1.165) is 5.56 Å². The smallest absolute Gasteiger partial charge is 0.333 e. The van der Waals surface area contributed by atoms with E-state index in [-0.39, 0.29) is 24.4 Å². The number of hydrogen-bond donors (Lipinski definition) is 2. The Hall–Kier alpha value is -3.20. The highest BCUT2D eigenvalue weighted by Gasteiger charge is 2.27. The van der Waals surface area contributed by atoms with Crippen LogP contribution >= 0.6 is 0 Å². The van der Waals surface area contributed by atoms with Gasteiger partial charge in [-0.05, 0) is 43.9 Å². The SMILES string of the molecule is C=C(CC)C(=O)OC.CC(C)OC(=O)C(Cc1ccc(OC=O)cc1)NC(=O)C(N)C(C)C. The number of benzene rings is 1. The fraction of sp³-hybridized carbons (Fsp3) is 0.500. The predicted octanol–water partition coefficient (Wildman–Crippen LogP) is 2.31. The highest BCUT2D eigenvalue weighted by atomic mass is 16.5. The molecule has 2 atom stereocenters. The van der Waals surface area contributed by atoms with Crippen LogP contribution in [0.3, 0.4) is 0 Å². The van der Waals surface area contributed by atoms with Crippen LogP contribution in [0.1, 0.15) is 46.6 Å². The molecule has 0 fully saturated rings. The van der Waals surface area contributed by atoms with Crippen molar-refractivity contribution in [1.29, 1.82) is 0 Å². The number of amides is 1. The molecule has 0 saturated carbocycles. The first-order valence-electron chi connectivity index (χ1n) is 10.7. The van der Waals surface area contributed by atoms with Crippen LogP contribution in [0.4, 0.5) is 0 Å². The first kappa shape index (κ1) is 29.8. The molecular formula is C24H36N2O7. The highest BCUT2D eigenvalue weighted by molar-refractivity contribution is 5.88. The van der Waals surface area contributed by atoms with Crippen molar-refractivity contribution in [2.45, 2.75) is 65.6 Å². The zero-order chi connectivity index (χ0) is 25.6. The van der Waals surface area contributed by atoms with Crippen LogP contribution in [0.5, 0.6) is 5.75 Å². The number of rotatable bonds is 11. The molecule has 1 rings (SSSR count). The molecule has 0 saturated heterocycles. The van der Waals surface area contributed by atoms with Crippen LogP contribution < -0.4 is 15.8 Å². The third-order valence-corrected chi connectivity index (χ3v) is 4.42. The van der Waals surface area contributed by atoms with Gasteiger partial charge in [-0.3, -0.25) is 9.59 Å². The van der Waals surface area contributed by atoms with Gasteiger partial charge < -0.3 is 25.3 Å². The third-order valence-electron chi connectivity index (χ3n) is 4.42. The van der Waals surface area contributed by atoms with E-state index in [1.165, 1.54) is 7.11 Å². The number of nitrogens with one attached hydrogen (secondary N) is 1. The molecule has 0 spiro atoms. The van der Waals surface area contributed by atoms with E-state index in [1.54, 1.807) is 38.1 Å². The van der Waals surface area contributed by atoms with Crippen molar-refractivity contribution in [1.82, 2.24) is 5.32 Å². The second-order valence-electron chi connectivity index (χ2n) is 7.83. The number of nitrogens with two attached hydrogens (primary N) is 1. The monoisotopic (exact) mass is 464 g/mol. The number of ether oxygens (including phenoxy) is 3. The van der Waals surface area contributed by atoms with Gasteiger partial charge in [-0.1, -0.05) is 39.5 Å². The number of carbonyl (C=O) groups excluding carboxylic acids is 4. The van der Waals surface area contributed by atoms with Crippen molar-refractivity contribution in [3.63, 3.8) is 0 Å². The zero-order valence-electron chi connectivity index (χ0n) is 20.3. The summed E-state index contributed by atoms with van der Waals surface area (Å²) >= 11 is 0. The van der Waals surface area contributed by atoms with Crippen molar-refractivity contribution < 1.29 is 33.4 Å². The summed E-state index contributed by atoms with van der Waals surface area (Å²) in [5.41, 5.74) is 7.14. The Morgan fingerprint density at radius 1 is 1.12 bits per heavy atom. The van der Waals surface area contributed by atoms with E-state index in [4.69, 9.17) is 15.2 Å². The van der Waals surface area contributed by atoms with Gasteiger partial charge in [-0.25, -0.2) is 9.59 Å². The molecule has 33 heavy (non-hydrogen) atoms. The normalized spacial score (nSPS) is 12.0. The average molecular weight is 465 g/mol. The molecule has 184 valence electrons. The van der Waals surface area contributed by atoms with E-state index >= 15 is 0 Å². The Bertz CT molecular complexity index is 775. The van der Waals surface area contributed by atoms with E-state index in [1.807, 2.05) is 20.8 Å². The maximum Gasteiger partial charge on any atom is 0.333 e. The quantitative estimate of drug-likeness (QED) is 0.289. The van der Waals surface area contributed by atoms with Crippen molar-refractivity contribution in [2.75, 3.05) is 7.11 Å². The molecule has 1 aromatic carbocycles. The van der Waals surface area contributed by atoms with E-state index in [9.17, 15) is 19.2 Å². The number of esters is 2.